The lowest BCUT2D eigenvalue weighted by molar-refractivity contribution is -0.122. The Morgan fingerprint density at radius 3 is 2.60 bits per heavy atom. The molecule has 25 heavy (non-hydrogen) atoms. The minimum absolute atomic E-state index is 0.0197. The molecule has 0 saturated carbocycles. The first-order valence-corrected chi connectivity index (χ1v) is 8.84. The third kappa shape index (κ3) is 4.57. The molecule has 0 aliphatic carbocycles. The van der Waals surface area contributed by atoms with Crippen molar-refractivity contribution in [3.05, 3.63) is 48.2 Å². The summed E-state index contributed by atoms with van der Waals surface area (Å²) >= 11 is 0. The van der Waals surface area contributed by atoms with Crippen molar-refractivity contribution in [2.75, 3.05) is 23.8 Å². The van der Waals surface area contributed by atoms with E-state index in [0.717, 1.165) is 24.2 Å². The van der Waals surface area contributed by atoms with E-state index in [-0.39, 0.29) is 11.8 Å². The molecule has 0 unspecified atom stereocenters. The fourth-order valence-electron chi connectivity index (χ4n) is 3.00. The van der Waals surface area contributed by atoms with E-state index in [2.05, 4.69) is 41.6 Å². The lowest BCUT2D eigenvalue weighted by atomic mass is 9.99. The molecule has 0 spiro atoms. The predicted octanol–water partition coefficient (Wildman–Crippen LogP) is 4.31. The van der Waals surface area contributed by atoms with Gasteiger partial charge >= 0.3 is 0 Å². The van der Waals surface area contributed by atoms with E-state index in [1.807, 2.05) is 24.3 Å². The van der Waals surface area contributed by atoms with Crippen LogP contribution in [0.1, 0.15) is 38.2 Å². The van der Waals surface area contributed by atoms with Crippen LogP contribution in [0.3, 0.4) is 0 Å². The summed E-state index contributed by atoms with van der Waals surface area (Å²) in [5.41, 5.74) is 3.25. The third-order valence-corrected chi connectivity index (χ3v) is 4.47. The Balaban J connectivity index is 1.63. The quantitative estimate of drug-likeness (QED) is 0.852. The van der Waals surface area contributed by atoms with Crippen LogP contribution in [-0.4, -0.2) is 24.1 Å². The number of para-hydroxylation sites is 1. The number of nitrogens with one attached hydrogen (secondary N) is 2. The molecule has 1 fully saturated rings. The smallest absolute Gasteiger partial charge is 0.228 e. The van der Waals surface area contributed by atoms with Crippen LogP contribution < -0.4 is 10.6 Å². The molecule has 132 valence electrons. The Labute approximate surface area is 148 Å². The Morgan fingerprint density at radius 2 is 1.92 bits per heavy atom. The average molecular weight is 339 g/mol. The van der Waals surface area contributed by atoms with Crippen molar-refractivity contribution >= 4 is 23.1 Å². The Morgan fingerprint density at radius 1 is 1.16 bits per heavy atom. The lowest BCUT2D eigenvalue weighted by Crippen LogP contribution is -2.28. The van der Waals surface area contributed by atoms with Gasteiger partial charge in [-0.05, 0) is 42.5 Å². The van der Waals surface area contributed by atoms with Crippen LogP contribution in [0.4, 0.5) is 17.2 Å². The molecular weight excluding hydrogens is 314 g/mol. The molecule has 3 rings (SSSR count). The van der Waals surface area contributed by atoms with E-state index >= 15 is 0 Å². The van der Waals surface area contributed by atoms with Crippen molar-refractivity contribution in [2.45, 2.75) is 32.6 Å². The van der Waals surface area contributed by atoms with Crippen molar-refractivity contribution < 1.29 is 9.53 Å². The van der Waals surface area contributed by atoms with E-state index < -0.39 is 0 Å². The summed E-state index contributed by atoms with van der Waals surface area (Å²) in [5.74, 6) is 1.07. The highest BCUT2D eigenvalue weighted by atomic mass is 16.5. The summed E-state index contributed by atoms with van der Waals surface area (Å²) in [6.07, 6.45) is 3.30. The first kappa shape index (κ1) is 17.4. The zero-order valence-corrected chi connectivity index (χ0v) is 14.8. The molecule has 0 radical (unpaired) electrons. The second-order valence-corrected chi connectivity index (χ2v) is 6.67. The first-order chi connectivity index (χ1) is 12.1. The number of pyridine rings is 1. The van der Waals surface area contributed by atoms with E-state index in [1.54, 1.807) is 6.20 Å². The molecule has 5 heteroatoms. The van der Waals surface area contributed by atoms with Gasteiger partial charge < -0.3 is 15.4 Å². The number of rotatable bonds is 5. The maximum Gasteiger partial charge on any atom is 0.228 e. The van der Waals surface area contributed by atoms with Gasteiger partial charge in [0.15, 0.2) is 0 Å². The molecular formula is C20H25N3O2. The Bertz CT molecular complexity index is 707. The summed E-state index contributed by atoms with van der Waals surface area (Å²) in [4.78, 5) is 16.6. The summed E-state index contributed by atoms with van der Waals surface area (Å²) in [5, 5.41) is 6.30. The molecule has 1 saturated heterocycles. The highest BCUT2D eigenvalue weighted by molar-refractivity contribution is 5.91. The molecule has 5 nitrogen and oxygen atoms in total. The fraction of sp³-hybridized carbons (Fsp3) is 0.400. The molecule has 2 heterocycles. The summed E-state index contributed by atoms with van der Waals surface area (Å²) in [6, 6.07) is 12.0. The number of carbonyl (C=O) groups is 1. The van der Waals surface area contributed by atoms with Crippen molar-refractivity contribution in [3.63, 3.8) is 0 Å². The van der Waals surface area contributed by atoms with E-state index in [1.165, 1.54) is 5.56 Å². The topological polar surface area (TPSA) is 63.2 Å². The summed E-state index contributed by atoms with van der Waals surface area (Å²) in [7, 11) is 0. The second-order valence-electron chi connectivity index (χ2n) is 6.67. The van der Waals surface area contributed by atoms with Crippen LogP contribution in [-0.2, 0) is 9.53 Å². The van der Waals surface area contributed by atoms with Crippen LogP contribution >= 0.6 is 0 Å². The van der Waals surface area contributed by atoms with Gasteiger partial charge in [0.1, 0.15) is 5.82 Å². The number of aromatic nitrogens is 1. The van der Waals surface area contributed by atoms with Crippen molar-refractivity contribution in [2.24, 2.45) is 5.92 Å². The van der Waals surface area contributed by atoms with E-state index in [0.29, 0.717) is 24.9 Å². The minimum Gasteiger partial charge on any atom is -0.381 e. The summed E-state index contributed by atoms with van der Waals surface area (Å²) < 4.78 is 5.29. The number of carbonyl (C=O) groups excluding carboxylic acids is 1. The minimum atomic E-state index is 0.0197. The highest BCUT2D eigenvalue weighted by Gasteiger charge is 2.21. The monoisotopic (exact) mass is 339 g/mol. The highest BCUT2D eigenvalue weighted by Crippen LogP contribution is 2.27. The van der Waals surface area contributed by atoms with Gasteiger partial charge in [-0.2, -0.15) is 0 Å². The average Bonchev–Trinajstić information content (AvgIpc) is 2.64. The number of nitrogens with zero attached hydrogens (tertiary/aromatic N) is 1. The molecule has 1 aromatic heterocycles. The van der Waals surface area contributed by atoms with Gasteiger partial charge in [-0.3, -0.25) is 4.79 Å². The summed E-state index contributed by atoms with van der Waals surface area (Å²) in [6.45, 7) is 5.66. The molecule has 1 aliphatic heterocycles. The maximum atomic E-state index is 12.2. The van der Waals surface area contributed by atoms with Gasteiger partial charge in [-0.1, -0.05) is 32.0 Å². The van der Waals surface area contributed by atoms with Gasteiger partial charge in [0.2, 0.25) is 5.91 Å². The second kappa shape index (κ2) is 8.12. The third-order valence-electron chi connectivity index (χ3n) is 4.47. The zero-order valence-electron chi connectivity index (χ0n) is 14.8. The van der Waals surface area contributed by atoms with Crippen LogP contribution in [0.25, 0.3) is 0 Å². The fourth-order valence-corrected chi connectivity index (χ4v) is 3.00. The lowest BCUT2D eigenvalue weighted by Gasteiger charge is -2.21. The van der Waals surface area contributed by atoms with E-state index in [4.69, 9.17) is 4.74 Å². The molecule has 1 aromatic carbocycles. The predicted molar refractivity (Wildman–Crippen MR) is 100 cm³/mol. The number of amides is 1. The van der Waals surface area contributed by atoms with Crippen molar-refractivity contribution in [1.29, 1.82) is 0 Å². The maximum absolute atomic E-state index is 12.2. The SMILES string of the molecule is CC(C)c1ccccc1Nc1ccc(NC(=O)C2CCOCC2)nc1. The van der Waals surface area contributed by atoms with Gasteiger partial charge in [0, 0.05) is 24.8 Å². The zero-order chi connectivity index (χ0) is 17.6. The normalized spacial score (nSPS) is 15.2. The first-order valence-electron chi connectivity index (χ1n) is 8.84. The van der Waals surface area contributed by atoms with Crippen LogP contribution in [0, 0.1) is 5.92 Å². The molecule has 2 aromatic rings. The molecule has 2 N–H and O–H groups in total. The van der Waals surface area contributed by atoms with Crippen molar-refractivity contribution in [3.8, 4) is 0 Å². The Hall–Kier alpha value is -2.40. The molecule has 1 aliphatic rings. The van der Waals surface area contributed by atoms with Crippen LogP contribution in [0.5, 0.6) is 0 Å². The number of anilines is 3. The Kier molecular flexibility index (Phi) is 5.66. The van der Waals surface area contributed by atoms with E-state index in [9.17, 15) is 4.79 Å². The number of hydrogen-bond acceptors (Lipinski definition) is 4. The standard InChI is InChI=1S/C20H25N3O2/c1-14(2)17-5-3-4-6-18(17)22-16-7-8-19(21-13-16)23-20(24)15-9-11-25-12-10-15/h3-8,13-15,22H,9-12H2,1-2H3,(H,21,23,24). The molecule has 0 atom stereocenters. The molecule has 1 amide bonds. The van der Waals surface area contributed by atoms with Crippen LogP contribution in [0.15, 0.2) is 42.6 Å². The van der Waals surface area contributed by atoms with Gasteiger partial charge in [0.05, 0.1) is 11.9 Å². The number of ether oxygens (including phenoxy) is 1. The number of hydrogen-bond donors (Lipinski definition) is 2. The number of benzene rings is 1. The van der Waals surface area contributed by atoms with Gasteiger partial charge in [0.25, 0.3) is 0 Å². The van der Waals surface area contributed by atoms with Crippen molar-refractivity contribution in [1.82, 2.24) is 4.98 Å². The van der Waals surface area contributed by atoms with Gasteiger partial charge in [-0.25, -0.2) is 4.98 Å². The molecule has 0 bridgehead atoms. The largest absolute Gasteiger partial charge is 0.381 e. The van der Waals surface area contributed by atoms with Crippen LogP contribution in [0.2, 0.25) is 0 Å². The van der Waals surface area contributed by atoms with Gasteiger partial charge in [-0.15, -0.1) is 0 Å².